The Morgan fingerprint density at radius 3 is 2.67 bits per heavy atom. The van der Waals surface area contributed by atoms with Crippen LogP contribution in [0.5, 0.6) is 0 Å². The van der Waals surface area contributed by atoms with Crippen molar-refractivity contribution in [2.45, 2.75) is 19.9 Å². The fourth-order valence-corrected chi connectivity index (χ4v) is 0.588. The highest BCUT2D eigenvalue weighted by Gasteiger charge is 2.02. The molecule has 1 atom stereocenters. The number of oxazole rings is 1. The first-order chi connectivity index (χ1) is 4.20. The van der Waals surface area contributed by atoms with Gasteiger partial charge in [-0.1, -0.05) is 0 Å². The summed E-state index contributed by atoms with van der Waals surface area (Å²) in [5, 5.41) is 0. The van der Waals surface area contributed by atoms with E-state index in [1.165, 1.54) is 0 Å². The van der Waals surface area contributed by atoms with Crippen molar-refractivity contribution in [2.24, 2.45) is 5.73 Å². The van der Waals surface area contributed by atoms with E-state index in [2.05, 4.69) is 4.98 Å². The highest BCUT2D eigenvalue weighted by atomic mass is 16.4. The monoisotopic (exact) mass is 126 g/mol. The molecule has 3 nitrogen and oxygen atoms in total. The van der Waals surface area contributed by atoms with Gasteiger partial charge in [0.1, 0.15) is 5.76 Å². The van der Waals surface area contributed by atoms with Gasteiger partial charge in [0.2, 0.25) is 0 Å². The Kier molecular flexibility index (Phi) is 1.53. The van der Waals surface area contributed by atoms with Gasteiger partial charge in [0.25, 0.3) is 0 Å². The zero-order chi connectivity index (χ0) is 6.85. The van der Waals surface area contributed by atoms with Crippen LogP contribution in [-0.2, 0) is 0 Å². The number of hydrogen-bond donors (Lipinski definition) is 1. The summed E-state index contributed by atoms with van der Waals surface area (Å²) in [6.07, 6.45) is 1.65. The molecule has 0 aromatic carbocycles. The summed E-state index contributed by atoms with van der Waals surface area (Å²) in [6, 6.07) is -0.0498. The molecule has 0 saturated carbocycles. The van der Waals surface area contributed by atoms with Crippen LogP contribution in [0.1, 0.15) is 24.6 Å². The maximum atomic E-state index is 5.49. The second kappa shape index (κ2) is 2.19. The van der Waals surface area contributed by atoms with Crippen molar-refractivity contribution >= 4 is 0 Å². The van der Waals surface area contributed by atoms with Gasteiger partial charge in [0.05, 0.1) is 12.2 Å². The van der Waals surface area contributed by atoms with E-state index >= 15 is 0 Å². The molecule has 0 fully saturated rings. The number of aryl methyl sites for hydroxylation is 1. The van der Waals surface area contributed by atoms with E-state index in [0.717, 1.165) is 5.76 Å². The molecule has 0 aliphatic carbocycles. The highest BCUT2D eigenvalue weighted by molar-refractivity contribution is 4.96. The largest absolute Gasteiger partial charge is 0.444 e. The Labute approximate surface area is 53.9 Å². The zero-order valence-electron chi connectivity index (χ0n) is 5.59. The minimum Gasteiger partial charge on any atom is -0.444 e. The third-order valence-electron chi connectivity index (χ3n) is 1.09. The topological polar surface area (TPSA) is 52.0 Å². The number of rotatable bonds is 1. The lowest BCUT2D eigenvalue weighted by Crippen LogP contribution is -2.02. The third-order valence-corrected chi connectivity index (χ3v) is 1.09. The van der Waals surface area contributed by atoms with Crippen LogP contribution in [0.15, 0.2) is 10.6 Å². The molecule has 0 saturated heterocycles. The summed E-state index contributed by atoms with van der Waals surface area (Å²) in [5.74, 6) is 1.41. The normalized spacial score (nSPS) is 13.7. The molecular formula is C6H10N2O. The Bertz CT molecular complexity index is 193. The predicted octanol–water partition coefficient (Wildman–Crippen LogP) is 1.00. The van der Waals surface area contributed by atoms with Gasteiger partial charge in [-0.15, -0.1) is 0 Å². The summed E-state index contributed by atoms with van der Waals surface area (Å²) in [6.45, 7) is 3.66. The van der Waals surface area contributed by atoms with Crippen molar-refractivity contribution in [3.8, 4) is 0 Å². The Balaban J connectivity index is 2.85. The van der Waals surface area contributed by atoms with E-state index in [1.807, 2.05) is 6.92 Å². The molecule has 1 aromatic rings. The van der Waals surface area contributed by atoms with Crippen LogP contribution in [0.4, 0.5) is 0 Å². The molecule has 1 heterocycles. The maximum absolute atomic E-state index is 5.49. The molecule has 0 aliphatic heterocycles. The van der Waals surface area contributed by atoms with Crippen LogP contribution >= 0.6 is 0 Å². The summed E-state index contributed by atoms with van der Waals surface area (Å²) >= 11 is 0. The van der Waals surface area contributed by atoms with Crippen molar-refractivity contribution in [3.05, 3.63) is 17.8 Å². The van der Waals surface area contributed by atoms with Crippen LogP contribution in [0.2, 0.25) is 0 Å². The molecule has 9 heavy (non-hydrogen) atoms. The van der Waals surface area contributed by atoms with Gasteiger partial charge in [-0.2, -0.15) is 0 Å². The van der Waals surface area contributed by atoms with Crippen LogP contribution in [0, 0.1) is 6.92 Å². The van der Waals surface area contributed by atoms with E-state index < -0.39 is 0 Å². The van der Waals surface area contributed by atoms with Gasteiger partial charge in [-0.3, -0.25) is 0 Å². The molecule has 50 valence electrons. The number of aromatic nitrogens is 1. The van der Waals surface area contributed by atoms with Gasteiger partial charge in [-0.25, -0.2) is 4.98 Å². The van der Waals surface area contributed by atoms with Crippen LogP contribution in [0.3, 0.4) is 0 Å². The van der Waals surface area contributed by atoms with Crippen molar-refractivity contribution in [1.82, 2.24) is 4.98 Å². The summed E-state index contributed by atoms with van der Waals surface area (Å²) < 4.78 is 5.11. The van der Waals surface area contributed by atoms with Crippen molar-refractivity contribution in [3.63, 3.8) is 0 Å². The minimum atomic E-state index is -0.0498. The number of nitrogens with two attached hydrogens (primary N) is 1. The lowest BCUT2D eigenvalue weighted by Gasteiger charge is -1.95. The molecular weight excluding hydrogens is 116 g/mol. The standard InChI is InChI=1S/C6H10N2O/c1-4(7)6-3-8-5(2)9-6/h3-4H,7H2,1-2H3. The lowest BCUT2D eigenvalue weighted by atomic mass is 10.3. The quantitative estimate of drug-likeness (QED) is 0.610. The first-order valence-corrected chi connectivity index (χ1v) is 2.88. The van der Waals surface area contributed by atoms with E-state index in [1.54, 1.807) is 13.1 Å². The Hall–Kier alpha value is -0.830. The summed E-state index contributed by atoms with van der Waals surface area (Å²) in [5.41, 5.74) is 5.49. The van der Waals surface area contributed by atoms with E-state index in [9.17, 15) is 0 Å². The Morgan fingerprint density at radius 1 is 1.78 bits per heavy atom. The van der Waals surface area contributed by atoms with E-state index in [0.29, 0.717) is 5.89 Å². The first kappa shape index (κ1) is 6.29. The first-order valence-electron chi connectivity index (χ1n) is 2.88. The smallest absolute Gasteiger partial charge is 0.191 e. The lowest BCUT2D eigenvalue weighted by molar-refractivity contribution is 0.451. The molecule has 0 amide bonds. The van der Waals surface area contributed by atoms with E-state index in [-0.39, 0.29) is 6.04 Å². The molecule has 0 bridgehead atoms. The second-order valence-corrected chi connectivity index (χ2v) is 2.07. The minimum absolute atomic E-state index is 0.0498. The SMILES string of the molecule is Cc1ncc(C(C)N)o1. The third kappa shape index (κ3) is 1.29. The Morgan fingerprint density at radius 2 is 2.44 bits per heavy atom. The molecule has 0 radical (unpaired) electrons. The fourth-order valence-electron chi connectivity index (χ4n) is 0.588. The van der Waals surface area contributed by atoms with Crippen molar-refractivity contribution < 1.29 is 4.42 Å². The highest BCUT2D eigenvalue weighted by Crippen LogP contribution is 2.09. The summed E-state index contributed by atoms with van der Waals surface area (Å²) in [7, 11) is 0. The van der Waals surface area contributed by atoms with Crippen LogP contribution < -0.4 is 5.73 Å². The van der Waals surface area contributed by atoms with Gasteiger partial charge >= 0.3 is 0 Å². The maximum Gasteiger partial charge on any atom is 0.191 e. The van der Waals surface area contributed by atoms with Crippen molar-refractivity contribution in [1.29, 1.82) is 0 Å². The number of hydrogen-bond acceptors (Lipinski definition) is 3. The molecule has 1 aromatic heterocycles. The molecule has 3 heteroatoms. The molecule has 1 unspecified atom stereocenters. The van der Waals surface area contributed by atoms with Gasteiger partial charge in [0.15, 0.2) is 5.89 Å². The molecule has 1 rings (SSSR count). The predicted molar refractivity (Wildman–Crippen MR) is 33.8 cm³/mol. The average Bonchev–Trinajstić information content (AvgIpc) is 2.14. The fraction of sp³-hybridized carbons (Fsp3) is 0.500. The second-order valence-electron chi connectivity index (χ2n) is 2.07. The van der Waals surface area contributed by atoms with Crippen LogP contribution in [0.25, 0.3) is 0 Å². The van der Waals surface area contributed by atoms with E-state index in [4.69, 9.17) is 10.2 Å². The average molecular weight is 126 g/mol. The van der Waals surface area contributed by atoms with Crippen molar-refractivity contribution in [2.75, 3.05) is 0 Å². The molecule has 0 aliphatic rings. The molecule has 2 N–H and O–H groups in total. The summed E-state index contributed by atoms with van der Waals surface area (Å²) in [4.78, 5) is 3.89. The molecule has 0 spiro atoms. The zero-order valence-corrected chi connectivity index (χ0v) is 5.59. The van der Waals surface area contributed by atoms with Gasteiger partial charge in [-0.05, 0) is 6.92 Å². The van der Waals surface area contributed by atoms with Gasteiger partial charge < -0.3 is 10.2 Å². The van der Waals surface area contributed by atoms with Crippen LogP contribution in [-0.4, -0.2) is 4.98 Å². The van der Waals surface area contributed by atoms with Gasteiger partial charge in [0, 0.05) is 6.92 Å². The number of nitrogens with zero attached hydrogens (tertiary/aromatic N) is 1.